The number of benzene rings is 4. The molecule has 0 unspecified atom stereocenters. The van der Waals surface area contributed by atoms with E-state index in [1.165, 1.54) is 31.3 Å². The summed E-state index contributed by atoms with van der Waals surface area (Å²) in [5.41, 5.74) is 0. The van der Waals surface area contributed by atoms with E-state index in [0.29, 0.717) is 0 Å². The molecule has 0 amide bonds. The summed E-state index contributed by atoms with van der Waals surface area (Å²) in [6.07, 6.45) is 0. The van der Waals surface area contributed by atoms with Crippen molar-refractivity contribution in [3.63, 3.8) is 0 Å². The van der Waals surface area contributed by atoms with Crippen LogP contribution in [0.25, 0.3) is 21.5 Å². The maximum Gasteiger partial charge on any atom is 0.0201 e. The largest absolute Gasteiger partial charge is 0.0895 e. The molecule has 4 aromatic rings. The van der Waals surface area contributed by atoms with Crippen LogP contribution < -0.4 is 0 Å². The molecule has 0 aromatic heterocycles. The molecule has 0 radical (unpaired) electrons. The average molecular weight is 286 g/mol. The van der Waals surface area contributed by atoms with Gasteiger partial charge in [-0.25, -0.2) is 0 Å². The highest BCUT2D eigenvalue weighted by atomic mass is 32.2. The zero-order valence-electron chi connectivity index (χ0n) is 11.5. The monoisotopic (exact) mass is 286 g/mol. The minimum atomic E-state index is 1.28. The van der Waals surface area contributed by atoms with Crippen molar-refractivity contribution < 1.29 is 0 Å². The fourth-order valence-corrected chi connectivity index (χ4v) is 3.70. The average Bonchev–Trinajstić information content (AvgIpc) is 2.56. The van der Waals surface area contributed by atoms with Crippen molar-refractivity contribution in [2.75, 3.05) is 0 Å². The van der Waals surface area contributed by atoms with E-state index in [1.807, 2.05) is 11.8 Å². The topological polar surface area (TPSA) is 0 Å². The quantitative estimate of drug-likeness (QED) is 0.398. The number of hydrogen-bond donors (Lipinski definition) is 0. The second-order valence-corrected chi connectivity index (χ2v) is 6.17. The molecule has 0 heterocycles. The molecule has 4 rings (SSSR count). The Hall–Kier alpha value is -2.25. The van der Waals surface area contributed by atoms with Crippen molar-refractivity contribution in [1.82, 2.24) is 0 Å². The third-order valence-electron chi connectivity index (χ3n) is 3.72. The van der Waals surface area contributed by atoms with E-state index < -0.39 is 0 Å². The van der Waals surface area contributed by atoms with Crippen LogP contribution in [-0.2, 0) is 0 Å². The summed E-state index contributed by atoms with van der Waals surface area (Å²) in [5, 5.41) is 5.27. The third-order valence-corrected chi connectivity index (χ3v) is 4.80. The van der Waals surface area contributed by atoms with Gasteiger partial charge in [0.2, 0.25) is 0 Å². The molecule has 0 nitrogen and oxygen atoms in total. The van der Waals surface area contributed by atoms with Crippen molar-refractivity contribution in [3.8, 4) is 0 Å². The molecular formula is C20H14S. The van der Waals surface area contributed by atoms with Gasteiger partial charge in [-0.15, -0.1) is 0 Å². The van der Waals surface area contributed by atoms with Crippen molar-refractivity contribution >= 4 is 33.3 Å². The first-order valence-corrected chi connectivity index (χ1v) is 7.87. The van der Waals surface area contributed by atoms with Gasteiger partial charge < -0.3 is 0 Å². The Balaban J connectivity index is 1.92. The summed E-state index contributed by atoms with van der Waals surface area (Å²) in [6.45, 7) is 0. The molecule has 0 saturated carbocycles. The van der Waals surface area contributed by atoms with Gasteiger partial charge in [-0.3, -0.25) is 0 Å². The first-order chi connectivity index (χ1) is 10.4. The van der Waals surface area contributed by atoms with Gasteiger partial charge in [0.15, 0.2) is 0 Å². The van der Waals surface area contributed by atoms with E-state index in [0.717, 1.165) is 0 Å². The highest BCUT2D eigenvalue weighted by molar-refractivity contribution is 7.99. The van der Waals surface area contributed by atoms with Crippen LogP contribution >= 0.6 is 11.8 Å². The summed E-state index contributed by atoms with van der Waals surface area (Å²) >= 11 is 1.83. The summed E-state index contributed by atoms with van der Waals surface area (Å²) < 4.78 is 0. The molecule has 0 aliphatic heterocycles. The molecule has 0 atom stereocenters. The lowest BCUT2D eigenvalue weighted by Gasteiger charge is -2.09. The lowest BCUT2D eigenvalue weighted by molar-refractivity contribution is 1.44. The molecule has 1 heteroatoms. The number of fused-ring (bicyclic) bond motifs is 3. The summed E-state index contributed by atoms with van der Waals surface area (Å²) in [4.78, 5) is 2.59. The molecule has 0 N–H and O–H groups in total. The van der Waals surface area contributed by atoms with E-state index in [4.69, 9.17) is 0 Å². The fraction of sp³-hybridized carbons (Fsp3) is 0. The Morgan fingerprint density at radius 2 is 1.24 bits per heavy atom. The molecule has 0 bridgehead atoms. The second kappa shape index (κ2) is 5.27. The molecule has 0 fully saturated rings. The van der Waals surface area contributed by atoms with Gasteiger partial charge in [0.05, 0.1) is 0 Å². The van der Waals surface area contributed by atoms with Gasteiger partial charge in [-0.1, -0.05) is 78.5 Å². The third kappa shape index (κ3) is 2.30. The molecule has 0 aliphatic carbocycles. The lowest BCUT2D eigenvalue weighted by Crippen LogP contribution is -1.81. The predicted molar refractivity (Wildman–Crippen MR) is 92.0 cm³/mol. The number of rotatable bonds is 2. The normalized spacial score (nSPS) is 11.0. The van der Waals surface area contributed by atoms with Crippen LogP contribution in [0, 0.1) is 0 Å². The SMILES string of the molecule is c1ccc(Sc2cccc3c2ccc2ccccc23)cc1. The van der Waals surface area contributed by atoms with Gasteiger partial charge in [0.25, 0.3) is 0 Å². The maximum atomic E-state index is 2.24. The standard InChI is InChI=1S/C20H14S/c1-2-8-16(9-3-1)21-20-12-6-11-18-17-10-5-4-7-15(17)13-14-19(18)20/h1-14H. The Morgan fingerprint density at radius 3 is 2.14 bits per heavy atom. The summed E-state index contributed by atoms with van der Waals surface area (Å²) in [5.74, 6) is 0. The van der Waals surface area contributed by atoms with Crippen molar-refractivity contribution in [1.29, 1.82) is 0 Å². The first kappa shape index (κ1) is 12.5. The minimum Gasteiger partial charge on any atom is -0.0895 e. The molecule has 0 spiro atoms. The fourth-order valence-electron chi connectivity index (χ4n) is 2.72. The molecule has 100 valence electrons. The van der Waals surface area contributed by atoms with E-state index in [-0.39, 0.29) is 0 Å². The van der Waals surface area contributed by atoms with Crippen molar-refractivity contribution in [2.24, 2.45) is 0 Å². The van der Waals surface area contributed by atoms with Gasteiger partial charge in [-0.05, 0) is 39.7 Å². The Kier molecular flexibility index (Phi) is 3.13. The first-order valence-electron chi connectivity index (χ1n) is 7.05. The maximum absolute atomic E-state index is 2.24. The minimum absolute atomic E-state index is 1.28. The van der Waals surface area contributed by atoms with Crippen LogP contribution in [0.5, 0.6) is 0 Å². The zero-order valence-corrected chi connectivity index (χ0v) is 12.3. The van der Waals surface area contributed by atoms with Crippen molar-refractivity contribution in [2.45, 2.75) is 9.79 Å². The van der Waals surface area contributed by atoms with Crippen LogP contribution in [-0.4, -0.2) is 0 Å². The van der Waals surface area contributed by atoms with E-state index in [9.17, 15) is 0 Å². The highest BCUT2D eigenvalue weighted by Crippen LogP contribution is 2.36. The molecule has 0 saturated heterocycles. The van der Waals surface area contributed by atoms with Crippen LogP contribution in [0.1, 0.15) is 0 Å². The summed E-state index contributed by atoms with van der Waals surface area (Å²) in [6, 6.07) is 30.1. The van der Waals surface area contributed by atoms with Crippen LogP contribution in [0.2, 0.25) is 0 Å². The van der Waals surface area contributed by atoms with E-state index in [1.54, 1.807) is 0 Å². The molecule has 4 aromatic carbocycles. The lowest BCUT2D eigenvalue weighted by atomic mass is 10.0. The van der Waals surface area contributed by atoms with Gasteiger partial charge in [-0.2, -0.15) is 0 Å². The van der Waals surface area contributed by atoms with E-state index in [2.05, 4.69) is 84.9 Å². The Morgan fingerprint density at radius 1 is 0.476 bits per heavy atom. The summed E-state index contributed by atoms with van der Waals surface area (Å²) in [7, 11) is 0. The van der Waals surface area contributed by atoms with Gasteiger partial charge in [0.1, 0.15) is 0 Å². The Bertz CT molecular complexity index is 910. The molecule has 21 heavy (non-hydrogen) atoms. The highest BCUT2D eigenvalue weighted by Gasteiger charge is 2.05. The van der Waals surface area contributed by atoms with Gasteiger partial charge in [0, 0.05) is 9.79 Å². The second-order valence-electron chi connectivity index (χ2n) is 5.05. The van der Waals surface area contributed by atoms with Crippen molar-refractivity contribution in [3.05, 3.63) is 84.9 Å². The zero-order chi connectivity index (χ0) is 14.1. The number of hydrogen-bond acceptors (Lipinski definition) is 1. The van der Waals surface area contributed by atoms with Crippen LogP contribution in [0.4, 0.5) is 0 Å². The van der Waals surface area contributed by atoms with E-state index >= 15 is 0 Å². The molecule has 0 aliphatic rings. The molecular weight excluding hydrogens is 272 g/mol. The predicted octanol–water partition coefficient (Wildman–Crippen LogP) is 6.14. The van der Waals surface area contributed by atoms with Crippen LogP contribution in [0.15, 0.2) is 94.7 Å². The van der Waals surface area contributed by atoms with Gasteiger partial charge >= 0.3 is 0 Å². The smallest absolute Gasteiger partial charge is 0.0201 e. The Labute approximate surface area is 128 Å². The van der Waals surface area contributed by atoms with Crippen LogP contribution in [0.3, 0.4) is 0 Å².